The van der Waals surface area contributed by atoms with Gasteiger partial charge in [-0.25, -0.2) is 9.78 Å². The summed E-state index contributed by atoms with van der Waals surface area (Å²) < 4.78 is 2.16. The molecule has 4 aromatic rings. The van der Waals surface area contributed by atoms with Gasteiger partial charge < -0.3 is 14.7 Å². The molecule has 0 saturated carbocycles. The van der Waals surface area contributed by atoms with Gasteiger partial charge >= 0.3 is 5.97 Å². The number of nitrogens with one attached hydrogen (secondary N) is 1. The van der Waals surface area contributed by atoms with Gasteiger partial charge in [-0.05, 0) is 61.4 Å². The number of aromatic carboxylic acids is 1. The first-order valence-corrected chi connectivity index (χ1v) is 8.41. The Bertz CT molecular complexity index is 1130. The summed E-state index contributed by atoms with van der Waals surface area (Å²) in [7, 11) is 2.06. The first-order chi connectivity index (χ1) is 12.5. The standard InChI is InChI=1S/C21H19N3O2/c1-12-13(2)24(3)19-11-10-18(23-20(12)19)17-9-8-16(22-17)14-4-6-15(7-5-14)21(25)26/h4-11,22H,1-3H3,(H,25,26). The zero-order valence-electron chi connectivity index (χ0n) is 14.9. The molecule has 0 bridgehead atoms. The van der Waals surface area contributed by atoms with Gasteiger partial charge in [-0.3, -0.25) is 0 Å². The third-order valence-corrected chi connectivity index (χ3v) is 5.04. The van der Waals surface area contributed by atoms with Crippen molar-refractivity contribution in [3.05, 3.63) is 65.4 Å². The maximum atomic E-state index is 11.0. The summed E-state index contributed by atoms with van der Waals surface area (Å²) in [5.74, 6) is -0.922. The predicted octanol–water partition coefficient (Wildman–Crippen LogP) is 4.55. The molecule has 0 aliphatic carbocycles. The highest BCUT2D eigenvalue weighted by Gasteiger charge is 2.12. The summed E-state index contributed by atoms with van der Waals surface area (Å²) in [6.07, 6.45) is 0. The smallest absolute Gasteiger partial charge is 0.335 e. The molecule has 130 valence electrons. The molecule has 1 aromatic carbocycles. The lowest BCUT2D eigenvalue weighted by Gasteiger charge is -2.02. The number of nitrogens with zero attached hydrogens (tertiary/aromatic N) is 2. The van der Waals surface area contributed by atoms with Crippen LogP contribution in [0, 0.1) is 13.8 Å². The van der Waals surface area contributed by atoms with Crippen LogP contribution in [0.15, 0.2) is 48.5 Å². The van der Waals surface area contributed by atoms with Gasteiger partial charge in [0.15, 0.2) is 0 Å². The molecule has 0 unspecified atom stereocenters. The Morgan fingerprint density at radius 1 is 1.00 bits per heavy atom. The van der Waals surface area contributed by atoms with E-state index < -0.39 is 5.97 Å². The lowest BCUT2D eigenvalue weighted by atomic mass is 10.1. The third kappa shape index (κ3) is 2.49. The molecule has 0 aliphatic rings. The Labute approximate surface area is 150 Å². The van der Waals surface area contributed by atoms with Crippen molar-refractivity contribution in [3.8, 4) is 22.6 Å². The summed E-state index contributed by atoms with van der Waals surface area (Å²) >= 11 is 0. The van der Waals surface area contributed by atoms with Crippen LogP contribution in [0.3, 0.4) is 0 Å². The Kier molecular flexibility index (Phi) is 3.65. The van der Waals surface area contributed by atoms with Crippen molar-refractivity contribution in [2.45, 2.75) is 13.8 Å². The van der Waals surface area contributed by atoms with E-state index in [1.807, 2.05) is 18.2 Å². The van der Waals surface area contributed by atoms with E-state index in [4.69, 9.17) is 10.1 Å². The topological polar surface area (TPSA) is 70.9 Å². The van der Waals surface area contributed by atoms with E-state index >= 15 is 0 Å². The molecule has 5 heteroatoms. The van der Waals surface area contributed by atoms with Crippen LogP contribution >= 0.6 is 0 Å². The Hall–Kier alpha value is -3.34. The number of aromatic nitrogens is 3. The number of carboxylic acid groups (broad SMARTS) is 1. The van der Waals surface area contributed by atoms with Crippen molar-refractivity contribution in [3.63, 3.8) is 0 Å². The molecule has 0 aliphatic heterocycles. The number of hydrogen-bond donors (Lipinski definition) is 2. The number of hydrogen-bond acceptors (Lipinski definition) is 2. The van der Waals surface area contributed by atoms with E-state index in [9.17, 15) is 4.79 Å². The number of rotatable bonds is 3. The quantitative estimate of drug-likeness (QED) is 0.572. The Morgan fingerprint density at radius 2 is 1.69 bits per heavy atom. The van der Waals surface area contributed by atoms with Gasteiger partial charge in [0.25, 0.3) is 0 Å². The second-order valence-corrected chi connectivity index (χ2v) is 6.50. The van der Waals surface area contributed by atoms with E-state index in [1.54, 1.807) is 24.3 Å². The summed E-state index contributed by atoms with van der Waals surface area (Å²) in [5.41, 5.74) is 8.53. The SMILES string of the molecule is Cc1c(C)n(C)c2ccc(-c3ccc(-c4ccc(C(=O)O)cc4)[nH]3)nc12. The van der Waals surface area contributed by atoms with Crippen LogP contribution in [0.2, 0.25) is 0 Å². The van der Waals surface area contributed by atoms with Crippen molar-refractivity contribution >= 4 is 17.0 Å². The maximum Gasteiger partial charge on any atom is 0.335 e. The van der Waals surface area contributed by atoms with Gasteiger partial charge in [0, 0.05) is 18.4 Å². The van der Waals surface area contributed by atoms with E-state index in [0.29, 0.717) is 0 Å². The van der Waals surface area contributed by atoms with Gasteiger partial charge in [0.2, 0.25) is 0 Å². The van der Waals surface area contributed by atoms with E-state index in [1.165, 1.54) is 11.3 Å². The number of H-pyrrole nitrogens is 1. The van der Waals surface area contributed by atoms with Crippen LogP contribution in [0.5, 0.6) is 0 Å². The van der Waals surface area contributed by atoms with E-state index in [2.05, 4.69) is 36.5 Å². The number of fused-ring (bicyclic) bond motifs is 1. The lowest BCUT2D eigenvalue weighted by molar-refractivity contribution is 0.0697. The maximum absolute atomic E-state index is 11.0. The van der Waals surface area contributed by atoms with Crippen LogP contribution in [0.4, 0.5) is 0 Å². The Morgan fingerprint density at radius 3 is 2.38 bits per heavy atom. The second kappa shape index (κ2) is 5.88. The van der Waals surface area contributed by atoms with Gasteiger partial charge in [-0.2, -0.15) is 0 Å². The number of aryl methyl sites for hydroxylation is 2. The Balaban J connectivity index is 1.73. The average Bonchev–Trinajstić information content (AvgIpc) is 3.22. The molecule has 26 heavy (non-hydrogen) atoms. The van der Waals surface area contributed by atoms with Crippen LogP contribution in [-0.2, 0) is 7.05 Å². The predicted molar refractivity (Wildman–Crippen MR) is 102 cm³/mol. The molecule has 2 N–H and O–H groups in total. The number of aromatic amines is 1. The van der Waals surface area contributed by atoms with Crippen LogP contribution in [-0.4, -0.2) is 25.6 Å². The van der Waals surface area contributed by atoms with Gasteiger partial charge in [-0.1, -0.05) is 12.1 Å². The molecule has 0 radical (unpaired) electrons. The minimum atomic E-state index is -0.922. The van der Waals surface area contributed by atoms with Crippen LogP contribution in [0.1, 0.15) is 21.6 Å². The van der Waals surface area contributed by atoms with Gasteiger partial charge in [0.1, 0.15) is 0 Å². The molecule has 4 rings (SSSR count). The molecule has 0 saturated heterocycles. The lowest BCUT2D eigenvalue weighted by Crippen LogP contribution is -1.95. The molecule has 3 aromatic heterocycles. The first-order valence-electron chi connectivity index (χ1n) is 8.41. The highest BCUT2D eigenvalue weighted by Crippen LogP contribution is 2.28. The summed E-state index contributed by atoms with van der Waals surface area (Å²) in [6.45, 7) is 4.20. The van der Waals surface area contributed by atoms with Crippen molar-refractivity contribution in [1.29, 1.82) is 0 Å². The molecular formula is C21H19N3O2. The number of carboxylic acids is 1. The largest absolute Gasteiger partial charge is 0.478 e. The molecule has 5 nitrogen and oxygen atoms in total. The number of pyridine rings is 1. The van der Waals surface area contributed by atoms with Gasteiger partial charge in [0.05, 0.1) is 28.0 Å². The zero-order valence-corrected chi connectivity index (χ0v) is 14.9. The van der Waals surface area contributed by atoms with Gasteiger partial charge in [-0.15, -0.1) is 0 Å². The monoisotopic (exact) mass is 345 g/mol. The molecule has 3 heterocycles. The molecule has 0 amide bonds. The number of carbonyl (C=O) groups is 1. The summed E-state index contributed by atoms with van der Waals surface area (Å²) in [4.78, 5) is 19.2. The van der Waals surface area contributed by atoms with Crippen molar-refractivity contribution in [2.75, 3.05) is 0 Å². The third-order valence-electron chi connectivity index (χ3n) is 5.04. The molecule has 0 spiro atoms. The fourth-order valence-electron chi connectivity index (χ4n) is 3.26. The van der Waals surface area contributed by atoms with E-state index in [-0.39, 0.29) is 5.56 Å². The van der Waals surface area contributed by atoms with Crippen molar-refractivity contribution < 1.29 is 9.90 Å². The molecule has 0 atom stereocenters. The van der Waals surface area contributed by atoms with Crippen LogP contribution < -0.4 is 0 Å². The minimum Gasteiger partial charge on any atom is -0.478 e. The molecule has 0 fully saturated rings. The summed E-state index contributed by atoms with van der Waals surface area (Å²) in [6, 6.07) is 14.9. The fourth-order valence-corrected chi connectivity index (χ4v) is 3.26. The fraction of sp³-hybridized carbons (Fsp3) is 0.143. The minimum absolute atomic E-state index is 0.280. The highest BCUT2D eigenvalue weighted by molar-refractivity contribution is 5.88. The highest BCUT2D eigenvalue weighted by atomic mass is 16.4. The van der Waals surface area contributed by atoms with Crippen molar-refractivity contribution in [1.82, 2.24) is 14.5 Å². The average molecular weight is 345 g/mol. The van der Waals surface area contributed by atoms with Crippen molar-refractivity contribution in [2.24, 2.45) is 7.05 Å². The second-order valence-electron chi connectivity index (χ2n) is 6.50. The normalized spacial score (nSPS) is 11.2. The van der Waals surface area contributed by atoms with E-state index in [0.717, 1.165) is 33.7 Å². The first kappa shape index (κ1) is 16.1. The summed E-state index contributed by atoms with van der Waals surface area (Å²) in [5, 5.41) is 9.01. The molecular weight excluding hydrogens is 326 g/mol. The van der Waals surface area contributed by atoms with Crippen LogP contribution in [0.25, 0.3) is 33.7 Å². The number of benzene rings is 1. The zero-order chi connectivity index (χ0) is 18.4.